The lowest BCUT2D eigenvalue weighted by atomic mass is 9.94. The summed E-state index contributed by atoms with van der Waals surface area (Å²) in [6.45, 7) is 5.24. The summed E-state index contributed by atoms with van der Waals surface area (Å²) in [6, 6.07) is 7.31. The van der Waals surface area contributed by atoms with Gasteiger partial charge in [-0.15, -0.1) is 0 Å². The quantitative estimate of drug-likeness (QED) is 0.393. The fraction of sp³-hybridized carbons (Fsp3) is 0.429. The number of hydrogen-bond donors (Lipinski definition) is 2. The number of amides is 2. The van der Waals surface area contributed by atoms with Gasteiger partial charge >= 0.3 is 0 Å². The van der Waals surface area contributed by atoms with E-state index in [1.54, 1.807) is 36.4 Å². The van der Waals surface area contributed by atoms with Crippen molar-refractivity contribution >= 4 is 23.4 Å². The number of aromatic nitrogens is 2. The summed E-state index contributed by atoms with van der Waals surface area (Å²) in [5, 5.41) is 14.1. The maximum atomic E-state index is 12.7. The monoisotopic (exact) mass is 553 g/mol. The summed E-state index contributed by atoms with van der Waals surface area (Å²) in [6.07, 6.45) is 5.33. The topological polar surface area (TPSA) is 121 Å². The molecule has 0 bridgehead atoms. The maximum absolute atomic E-state index is 12.7. The van der Waals surface area contributed by atoms with Gasteiger partial charge in [0.05, 0.1) is 17.3 Å². The molecule has 2 N–H and O–H groups in total. The van der Waals surface area contributed by atoms with Crippen molar-refractivity contribution in [2.24, 2.45) is 5.92 Å². The molecule has 2 aliphatic rings. The molecule has 1 atom stereocenters. The number of pyridine rings is 1. The highest BCUT2D eigenvalue weighted by Crippen LogP contribution is 2.34. The zero-order valence-electron chi connectivity index (χ0n) is 21.8. The van der Waals surface area contributed by atoms with Gasteiger partial charge in [0.1, 0.15) is 12.4 Å². The van der Waals surface area contributed by atoms with Crippen LogP contribution in [0.3, 0.4) is 0 Å². The SMILES string of the molecule is CC(=O)N1CC(Cc2cc(C(=O)NC[C@H](O)CN3CCc4c(ccc(OCc5cnco5)c4Cl)C3)ccn2)C1. The fourth-order valence-electron chi connectivity index (χ4n) is 5.04. The van der Waals surface area contributed by atoms with Gasteiger partial charge in [-0.3, -0.25) is 19.5 Å². The molecule has 4 heterocycles. The third-order valence-electron chi connectivity index (χ3n) is 7.18. The van der Waals surface area contributed by atoms with Crippen LogP contribution in [0.4, 0.5) is 0 Å². The van der Waals surface area contributed by atoms with Crippen molar-refractivity contribution in [2.45, 2.75) is 39.0 Å². The lowest BCUT2D eigenvalue weighted by molar-refractivity contribution is -0.134. The molecular weight excluding hydrogens is 522 g/mol. The second-order valence-corrected chi connectivity index (χ2v) is 10.5. The first-order valence-electron chi connectivity index (χ1n) is 13.0. The third kappa shape index (κ3) is 6.76. The van der Waals surface area contributed by atoms with Gasteiger partial charge in [-0.1, -0.05) is 17.7 Å². The van der Waals surface area contributed by atoms with Gasteiger partial charge in [0, 0.05) is 63.6 Å². The van der Waals surface area contributed by atoms with Gasteiger partial charge in [-0.05, 0) is 48.1 Å². The van der Waals surface area contributed by atoms with Gasteiger partial charge in [0.25, 0.3) is 5.91 Å². The third-order valence-corrected chi connectivity index (χ3v) is 7.59. The molecule has 206 valence electrons. The molecular formula is C28H32ClN5O5. The number of nitrogens with one attached hydrogen (secondary N) is 1. The molecule has 5 rings (SSSR count). The van der Waals surface area contributed by atoms with E-state index < -0.39 is 6.10 Å². The first-order valence-corrected chi connectivity index (χ1v) is 13.4. The van der Waals surface area contributed by atoms with Crippen LogP contribution < -0.4 is 10.1 Å². The lowest BCUT2D eigenvalue weighted by Gasteiger charge is -2.38. The summed E-state index contributed by atoms with van der Waals surface area (Å²) in [5.74, 6) is 1.43. The highest BCUT2D eigenvalue weighted by molar-refractivity contribution is 6.33. The Morgan fingerprint density at radius 2 is 2.15 bits per heavy atom. The van der Waals surface area contributed by atoms with Crippen LogP contribution in [0, 0.1) is 5.92 Å². The average Bonchev–Trinajstić information content (AvgIpc) is 3.42. The molecule has 39 heavy (non-hydrogen) atoms. The highest BCUT2D eigenvalue weighted by Gasteiger charge is 2.29. The Morgan fingerprint density at radius 3 is 2.92 bits per heavy atom. The molecule has 2 aromatic heterocycles. The average molecular weight is 554 g/mol. The molecule has 0 saturated carbocycles. The first-order chi connectivity index (χ1) is 18.9. The predicted molar refractivity (Wildman–Crippen MR) is 143 cm³/mol. The number of likely N-dealkylation sites (tertiary alicyclic amines) is 1. The molecule has 10 nitrogen and oxygen atoms in total. The smallest absolute Gasteiger partial charge is 0.251 e. The van der Waals surface area contributed by atoms with Crippen LogP contribution in [0.2, 0.25) is 5.02 Å². The number of rotatable bonds is 10. The van der Waals surface area contributed by atoms with Gasteiger partial charge in [-0.25, -0.2) is 4.98 Å². The number of oxazole rings is 1. The zero-order chi connectivity index (χ0) is 27.4. The summed E-state index contributed by atoms with van der Waals surface area (Å²) >= 11 is 6.63. The second-order valence-electron chi connectivity index (χ2n) is 10.2. The molecule has 2 aliphatic heterocycles. The summed E-state index contributed by atoms with van der Waals surface area (Å²) < 4.78 is 11.0. The van der Waals surface area contributed by atoms with Crippen molar-refractivity contribution in [3.63, 3.8) is 0 Å². The minimum atomic E-state index is -0.718. The van der Waals surface area contributed by atoms with Crippen LogP contribution in [-0.2, 0) is 30.8 Å². The molecule has 0 aliphatic carbocycles. The number of ether oxygens (including phenoxy) is 1. The van der Waals surface area contributed by atoms with Crippen LogP contribution in [0.5, 0.6) is 5.75 Å². The van der Waals surface area contributed by atoms with E-state index in [9.17, 15) is 14.7 Å². The molecule has 2 amide bonds. The molecule has 1 aromatic carbocycles. The molecule has 0 spiro atoms. The second kappa shape index (κ2) is 12.1. The van der Waals surface area contributed by atoms with Crippen LogP contribution >= 0.6 is 11.6 Å². The number of hydrogen-bond acceptors (Lipinski definition) is 8. The van der Waals surface area contributed by atoms with E-state index in [0.29, 0.717) is 41.1 Å². The Balaban J connectivity index is 1.08. The molecule has 1 fully saturated rings. The lowest BCUT2D eigenvalue weighted by Crippen LogP contribution is -2.49. The molecule has 11 heteroatoms. The Morgan fingerprint density at radius 1 is 1.31 bits per heavy atom. The van der Waals surface area contributed by atoms with Gasteiger partial charge in [-0.2, -0.15) is 0 Å². The van der Waals surface area contributed by atoms with Crippen LogP contribution in [-0.4, -0.2) is 75.5 Å². The number of fused-ring (bicyclic) bond motifs is 1. The number of benzene rings is 1. The number of aliphatic hydroxyl groups is 1. The Hall–Kier alpha value is -3.47. The minimum Gasteiger partial charge on any atom is -0.484 e. The van der Waals surface area contributed by atoms with Crippen LogP contribution in [0.1, 0.15) is 39.9 Å². The number of carbonyl (C=O) groups excluding carboxylic acids is 2. The van der Waals surface area contributed by atoms with Crippen molar-refractivity contribution < 1.29 is 23.8 Å². The number of carbonyl (C=O) groups is 2. The predicted octanol–water partition coefficient (Wildman–Crippen LogP) is 2.47. The number of halogens is 1. The summed E-state index contributed by atoms with van der Waals surface area (Å²) in [7, 11) is 0. The van der Waals surface area contributed by atoms with Crippen molar-refractivity contribution in [3.05, 3.63) is 76.2 Å². The van der Waals surface area contributed by atoms with Gasteiger partial charge < -0.3 is 24.5 Å². The zero-order valence-corrected chi connectivity index (χ0v) is 22.6. The van der Waals surface area contributed by atoms with Crippen molar-refractivity contribution in [1.82, 2.24) is 25.1 Å². The van der Waals surface area contributed by atoms with Gasteiger partial charge in [0.15, 0.2) is 12.2 Å². The molecule has 0 radical (unpaired) electrons. The van der Waals surface area contributed by atoms with Crippen LogP contribution in [0.25, 0.3) is 0 Å². The minimum absolute atomic E-state index is 0.0855. The van der Waals surface area contributed by atoms with E-state index in [-0.39, 0.29) is 25.0 Å². The summed E-state index contributed by atoms with van der Waals surface area (Å²) in [4.78, 5) is 36.3. The van der Waals surface area contributed by atoms with E-state index in [1.807, 2.05) is 12.1 Å². The Bertz CT molecular complexity index is 1310. The van der Waals surface area contributed by atoms with E-state index in [2.05, 4.69) is 20.2 Å². The van der Waals surface area contributed by atoms with Crippen LogP contribution in [0.15, 0.2) is 47.5 Å². The number of β-amino-alcohol motifs (C(OH)–C–C–N with tert-alkyl or cyclic N) is 1. The Kier molecular flexibility index (Phi) is 8.44. The van der Waals surface area contributed by atoms with Crippen molar-refractivity contribution in [2.75, 3.05) is 32.7 Å². The van der Waals surface area contributed by atoms with E-state index >= 15 is 0 Å². The molecule has 0 unspecified atom stereocenters. The Labute approximate surface area is 231 Å². The maximum Gasteiger partial charge on any atom is 0.251 e. The fourth-order valence-corrected chi connectivity index (χ4v) is 5.37. The van der Waals surface area contributed by atoms with Crippen molar-refractivity contribution in [1.29, 1.82) is 0 Å². The van der Waals surface area contributed by atoms with E-state index in [0.717, 1.165) is 49.3 Å². The first kappa shape index (κ1) is 27.1. The standard InChI is InChI=1S/C28H32ClN5O5/c1-18(35)34-12-19(13-34)8-22-9-20(4-6-31-22)28(37)32-10-23(36)15-33-7-5-25-21(14-33)2-3-26(27(25)29)38-16-24-11-30-17-39-24/h2-4,6,9,11,17,19,23,36H,5,7-8,10,12-16H2,1H3,(H,32,37)/t23-/m0/s1. The van der Waals surface area contributed by atoms with E-state index in [1.165, 1.54) is 6.39 Å². The molecule has 1 saturated heterocycles. The largest absolute Gasteiger partial charge is 0.484 e. The van der Waals surface area contributed by atoms with Gasteiger partial charge in [0.2, 0.25) is 5.91 Å². The normalized spacial score (nSPS) is 16.3. The number of aliphatic hydroxyl groups excluding tert-OH is 1. The number of nitrogens with zero attached hydrogens (tertiary/aromatic N) is 4. The van der Waals surface area contributed by atoms with E-state index in [4.69, 9.17) is 20.8 Å². The highest BCUT2D eigenvalue weighted by atomic mass is 35.5. The molecule has 3 aromatic rings. The summed E-state index contributed by atoms with van der Waals surface area (Å²) in [5.41, 5.74) is 3.48. The van der Waals surface area contributed by atoms with Crippen molar-refractivity contribution in [3.8, 4) is 5.75 Å².